The number of hydrogen-bond acceptors (Lipinski definition) is 9. The molecular formula is C70H110O9Si6. The molecule has 0 aliphatic rings. The fourth-order valence-electron chi connectivity index (χ4n) is 11.6. The Morgan fingerprint density at radius 3 is 0.988 bits per heavy atom. The van der Waals surface area contributed by atoms with E-state index in [-0.39, 0.29) is 5.75 Å². The number of para-hydroxylation sites is 2. The van der Waals surface area contributed by atoms with Gasteiger partial charge in [0.1, 0.15) is 23.0 Å². The largest absolute Gasteiger partial charge is 0.508 e. The molecule has 4 N–H and O–H groups in total. The maximum atomic E-state index is 9.91. The predicted molar refractivity (Wildman–Crippen MR) is 375 cm³/mol. The number of rotatable bonds is 32. The van der Waals surface area contributed by atoms with E-state index in [0.29, 0.717) is 23.0 Å². The van der Waals surface area contributed by atoms with Crippen molar-refractivity contribution in [2.45, 2.75) is 206 Å². The highest BCUT2D eigenvalue weighted by Crippen LogP contribution is 2.32. The van der Waals surface area contributed by atoms with E-state index in [1.165, 1.54) is 57.9 Å². The Labute approximate surface area is 521 Å². The third kappa shape index (κ3) is 29.2. The average molecular weight is 1260 g/mol. The number of hydrogen-bond donors (Lipinski definition) is 4. The Morgan fingerprint density at radius 1 is 0.318 bits per heavy atom. The van der Waals surface area contributed by atoms with E-state index in [9.17, 15) is 20.4 Å². The van der Waals surface area contributed by atoms with Crippen LogP contribution in [0.4, 0.5) is 0 Å². The molecule has 0 heterocycles. The molecule has 0 aromatic heterocycles. The van der Waals surface area contributed by atoms with Crippen molar-refractivity contribution in [2.75, 3.05) is 14.2 Å². The Balaban J connectivity index is 0.000000274. The van der Waals surface area contributed by atoms with Gasteiger partial charge in [0.05, 0.1) is 14.2 Å². The number of phenols is 4. The summed E-state index contributed by atoms with van der Waals surface area (Å²) in [5.74, 6) is 2.86. The molecule has 6 aromatic carbocycles. The van der Waals surface area contributed by atoms with Gasteiger partial charge in [0, 0.05) is 0 Å². The van der Waals surface area contributed by atoms with Gasteiger partial charge in [0.25, 0.3) is 0 Å². The molecule has 0 radical (unpaired) electrons. The quantitative estimate of drug-likeness (QED) is 0.0305. The van der Waals surface area contributed by atoms with Crippen LogP contribution < -0.4 is 9.47 Å². The highest BCUT2D eigenvalue weighted by Gasteiger charge is 2.35. The van der Waals surface area contributed by atoms with Gasteiger partial charge in [-0.15, -0.1) is 0 Å². The normalized spacial score (nSPS) is 12.2. The van der Waals surface area contributed by atoms with E-state index >= 15 is 0 Å². The summed E-state index contributed by atoms with van der Waals surface area (Å²) in [5.41, 5.74) is 9.85. The first-order chi connectivity index (χ1) is 39.9. The fourth-order valence-corrected chi connectivity index (χ4v) is 38.2. The number of ether oxygens (including phenoxy) is 2. The summed E-state index contributed by atoms with van der Waals surface area (Å²) >= 11 is 0. The summed E-state index contributed by atoms with van der Waals surface area (Å²) < 4.78 is 31.0. The molecule has 0 atom stereocenters. The molecular weight excluding hydrogens is 1150 g/mol. The maximum Gasteiger partial charge on any atom is 0.173 e. The third-order valence-corrected chi connectivity index (χ3v) is 38.4. The van der Waals surface area contributed by atoms with Crippen molar-refractivity contribution in [3.8, 4) is 34.5 Å². The first kappa shape index (κ1) is 72.8. The number of benzene rings is 6. The summed E-state index contributed by atoms with van der Waals surface area (Å²) in [6.07, 6.45) is 12.8. The Kier molecular flexibility index (Phi) is 29.7. The highest BCUT2D eigenvalue weighted by molar-refractivity contribution is 6.86. The van der Waals surface area contributed by atoms with E-state index < -0.39 is 49.9 Å². The number of aryl methyl sites for hydroxylation is 8. The van der Waals surface area contributed by atoms with Gasteiger partial charge in [0.2, 0.25) is 0 Å². The molecule has 0 saturated carbocycles. The van der Waals surface area contributed by atoms with Crippen molar-refractivity contribution in [3.05, 3.63) is 178 Å². The lowest BCUT2D eigenvalue weighted by molar-refractivity contribution is 0.373. The van der Waals surface area contributed by atoms with Gasteiger partial charge in [-0.25, -0.2) is 0 Å². The van der Waals surface area contributed by atoms with Gasteiger partial charge in [0.15, 0.2) is 61.4 Å². The molecule has 0 fully saturated rings. The van der Waals surface area contributed by atoms with Crippen LogP contribution in [0.5, 0.6) is 34.5 Å². The van der Waals surface area contributed by atoms with E-state index in [0.717, 1.165) is 106 Å². The van der Waals surface area contributed by atoms with Crippen LogP contribution in [0.3, 0.4) is 0 Å². The molecule has 6 rings (SSSR count). The van der Waals surface area contributed by atoms with Gasteiger partial charge < -0.3 is 42.2 Å². The van der Waals surface area contributed by atoms with Gasteiger partial charge >= 0.3 is 0 Å². The minimum Gasteiger partial charge on any atom is -0.508 e. The smallest absolute Gasteiger partial charge is 0.173 e. The molecule has 468 valence electrons. The lowest BCUT2D eigenvalue weighted by Crippen LogP contribution is -2.44. The van der Waals surface area contributed by atoms with E-state index in [2.05, 4.69) is 135 Å². The first-order valence-corrected chi connectivity index (χ1v) is 50.1. The van der Waals surface area contributed by atoms with Crippen molar-refractivity contribution in [2.24, 2.45) is 0 Å². The van der Waals surface area contributed by atoms with Crippen LogP contribution in [0.2, 0.25) is 115 Å². The first-order valence-electron chi connectivity index (χ1n) is 31.4. The maximum absolute atomic E-state index is 9.91. The molecule has 0 aliphatic carbocycles. The van der Waals surface area contributed by atoms with E-state index in [1.54, 1.807) is 44.6 Å². The Hall–Kier alpha value is -4.70. The standard InChI is InChI=1S/C25H40O4Si2.C23H36O2Si2.C22H34O3Si2/c1-20-12-13-21(18-24(20)27-2)10-8-16-30(4,5)29-31(6,7)17-9-11-22-14-15-23(26)25(19-22)28-3;1-20-10-12-21(13-11-20)8-6-18-26(2,3)25-27(4,5)19-7-9-22-14-16-23(24)17-15-22;1-26(2,17-9-13-19-11-5-7-15-21(19)23)25-27(3,4)18-10-14-20-12-6-8-16-22(20)24/h12-15,18-19,26H,8-11,16-17H2,1-7H3;10-17,24H,6-9,18-19H2,1-5H3;5-8,11-12,15-16,23-24H,9-10,13-14,17-18H2,1-4H3. The molecule has 15 heteroatoms. The van der Waals surface area contributed by atoms with Gasteiger partial charge in [-0.2, -0.15) is 0 Å². The van der Waals surface area contributed by atoms with Crippen LogP contribution in [-0.4, -0.2) is 84.6 Å². The lowest BCUT2D eigenvalue weighted by atomic mass is 10.1. The molecule has 0 unspecified atom stereocenters. The van der Waals surface area contributed by atoms with Crippen molar-refractivity contribution in [3.63, 3.8) is 0 Å². The molecule has 0 bridgehead atoms. The highest BCUT2D eigenvalue weighted by atomic mass is 28.4. The number of phenolic OH excluding ortho intramolecular Hbond substituents is 4. The number of methoxy groups -OCH3 is 2. The summed E-state index contributed by atoms with van der Waals surface area (Å²) in [7, 11) is -6.77. The van der Waals surface area contributed by atoms with Crippen LogP contribution in [0.25, 0.3) is 0 Å². The zero-order valence-electron chi connectivity index (χ0n) is 55.3. The lowest BCUT2D eigenvalue weighted by Gasteiger charge is -2.34. The molecule has 0 saturated heterocycles. The second kappa shape index (κ2) is 34.7. The predicted octanol–water partition coefficient (Wildman–Crippen LogP) is 19.5. The van der Waals surface area contributed by atoms with Gasteiger partial charge in [-0.05, 0) is 287 Å². The van der Waals surface area contributed by atoms with Crippen molar-refractivity contribution < 1.29 is 42.2 Å². The van der Waals surface area contributed by atoms with Gasteiger partial charge in [-0.3, -0.25) is 0 Å². The van der Waals surface area contributed by atoms with Crippen LogP contribution in [0, 0.1) is 13.8 Å². The van der Waals surface area contributed by atoms with Crippen molar-refractivity contribution in [1.82, 2.24) is 0 Å². The Bertz CT molecular complexity index is 2700. The molecule has 0 amide bonds. The number of aromatic hydroxyl groups is 4. The summed E-state index contributed by atoms with van der Waals surface area (Å²) in [6, 6.07) is 50.9. The summed E-state index contributed by atoms with van der Waals surface area (Å²) in [4.78, 5) is 0. The Morgan fingerprint density at radius 2 is 0.624 bits per heavy atom. The second-order valence-corrected chi connectivity index (χ2v) is 53.8. The third-order valence-electron chi connectivity index (χ3n) is 15.8. The zero-order chi connectivity index (χ0) is 62.9. The van der Waals surface area contributed by atoms with Crippen LogP contribution in [0.15, 0.2) is 133 Å². The summed E-state index contributed by atoms with van der Waals surface area (Å²) in [6.45, 7) is 32.4. The SMILES string of the molecule is COc1cc(CCC[Si](C)(C)O[Si](C)(C)CCCc2ccc(O)c(OC)c2)ccc1C.C[Si](C)(CCCc1ccccc1O)O[Si](C)(C)CCCc1ccccc1O.Cc1ccc(CCC[Si](C)(C)O[Si](C)(C)CCCc2ccc(O)cc2)cc1. The fraction of sp³-hybridized carbons (Fsp3) is 0.486. The van der Waals surface area contributed by atoms with Crippen LogP contribution in [-0.2, 0) is 50.9 Å². The average Bonchev–Trinajstić information content (AvgIpc) is 3.44. The van der Waals surface area contributed by atoms with Crippen LogP contribution >= 0.6 is 0 Å². The molecule has 0 aliphatic heterocycles. The van der Waals surface area contributed by atoms with Crippen LogP contribution in [0.1, 0.15) is 83.0 Å². The van der Waals surface area contributed by atoms with Crippen molar-refractivity contribution >= 4 is 49.9 Å². The monoisotopic (exact) mass is 1260 g/mol. The van der Waals surface area contributed by atoms with Gasteiger partial charge in [-0.1, -0.05) is 96.6 Å². The second-order valence-electron chi connectivity index (χ2n) is 27.2. The summed E-state index contributed by atoms with van der Waals surface area (Å²) in [5, 5.41) is 39.0. The minimum atomic E-state index is -1.72. The molecule has 0 spiro atoms. The van der Waals surface area contributed by atoms with Crippen molar-refractivity contribution in [1.29, 1.82) is 0 Å². The molecule has 6 aromatic rings. The topological polar surface area (TPSA) is 127 Å². The molecule has 9 nitrogen and oxygen atoms in total. The van der Waals surface area contributed by atoms with E-state index in [1.807, 2.05) is 60.7 Å². The van der Waals surface area contributed by atoms with E-state index in [4.69, 9.17) is 21.8 Å². The molecule has 85 heavy (non-hydrogen) atoms. The zero-order valence-corrected chi connectivity index (χ0v) is 61.3. The minimum absolute atomic E-state index is 0.195.